The molecule has 1 fully saturated rings. The Morgan fingerprint density at radius 1 is 0.879 bits per heavy atom. The van der Waals surface area contributed by atoms with E-state index in [4.69, 9.17) is 16.3 Å². The lowest BCUT2D eigenvalue weighted by Crippen LogP contribution is -2.45. The number of hydrogen-bond donors (Lipinski definition) is 1. The molecule has 0 radical (unpaired) electrons. The van der Waals surface area contributed by atoms with Crippen LogP contribution in [0.4, 0.5) is 0 Å². The van der Waals surface area contributed by atoms with Gasteiger partial charge in [0.05, 0.1) is 11.1 Å². The van der Waals surface area contributed by atoms with Crippen LogP contribution in [0, 0.1) is 0 Å². The largest absolute Gasteiger partial charge is 0.507 e. The first-order chi connectivity index (χ1) is 16.1. The number of carbonyl (C=O) groups is 1. The molecule has 0 atom stereocenters. The SMILES string of the molecule is O=C1/C(=C/c2ccc(Cl)cc2)Oc2c1ccc(O)c2CN1CCN(Cc2ccccc2)CC1. The highest BCUT2D eigenvalue weighted by molar-refractivity contribution is 6.30. The zero-order chi connectivity index (χ0) is 22.8. The number of benzene rings is 3. The summed E-state index contributed by atoms with van der Waals surface area (Å²) in [6.07, 6.45) is 1.71. The molecule has 3 aromatic carbocycles. The van der Waals surface area contributed by atoms with Gasteiger partial charge in [0.15, 0.2) is 5.76 Å². The molecule has 2 aliphatic rings. The summed E-state index contributed by atoms with van der Waals surface area (Å²) in [4.78, 5) is 17.7. The van der Waals surface area contributed by atoms with Gasteiger partial charge in [0.1, 0.15) is 11.5 Å². The van der Waals surface area contributed by atoms with E-state index < -0.39 is 0 Å². The number of carbonyl (C=O) groups excluding carboxylic acids is 1. The fourth-order valence-corrected chi connectivity index (χ4v) is 4.46. The number of nitrogens with zero attached hydrogens (tertiary/aromatic N) is 2. The molecule has 6 heteroatoms. The van der Waals surface area contributed by atoms with E-state index in [1.807, 2.05) is 18.2 Å². The minimum Gasteiger partial charge on any atom is -0.507 e. The lowest BCUT2D eigenvalue weighted by molar-refractivity contribution is 0.101. The minimum absolute atomic E-state index is 0.154. The third-order valence-corrected chi connectivity index (χ3v) is 6.43. The minimum atomic E-state index is -0.172. The van der Waals surface area contributed by atoms with Crippen molar-refractivity contribution < 1.29 is 14.6 Å². The number of piperazine rings is 1. The first kappa shape index (κ1) is 21.7. The number of ether oxygens (including phenoxy) is 1. The van der Waals surface area contributed by atoms with Crippen LogP contribution >= 0.6 is 11.6 Å². The molecular weight excluding hydrogens is 436 g/mol. The van der Waals surface area contributed by atoms with Crippen LogP contribution in [0.1, 0.15) is 27.0 Å². The number of fused-ring (bicyclic) bond motifs is 1. The highest BCUT2D eigenvalue weighted by atomic mass is 35.5. The van der Waals surface area contributed by atoms with Gasteiger partial charge in [-0.1, -0.05) is 54.1 Å². The van der Waals surface area contributed by atoms with E-state index in [0.29, 0.717) is 28.4 Å². The second kappa shape index (κ2) is 9.40. The fourth-order valence-electron chi connectivity index (χ4n) is 4.33. The maximum atomic E-state index is 12.9. The Labute approximate surface area is 198 Å². The van der Waals surface area contributed by atoms with Crippen molar-refractivity contribution in [2.45, 2.75) is 13.1 Å². The first-order valence-electron chi connectivity index (χ1n) is 11.1. The van der Waals surface area contributed by atoms with Gasteiger partial charge in [0.2, 0.25) is 5.78 Å². The Kier molecular flexibility index (Phi) is 6.18. The fraction of sp³-hybridized carbons (Fsp3) is 0.222. The molecule has 0 amide bonds. The Balaban J connectivity index is 1.28. The van der Waals surface area contributed by atoms with Crippen molar-refractivity contribution in [3.05, 3.63) is 99.8 Å². The summed E-state index contributed by atoms with van der Waals surface area (Å²) >= 11 is 5.96. The third kappa shape index (κ3) is 4.81. The van der Waals surface area contributed by atoms with E-state index in [2.05, 4.69) is 34.1 Å². The molecule has 1 saturated heterocycles. The molecule has 33 heavy (non-hydrogen) atoms. The summed E-state index contributed by atoms with van der Waals surface area (Å²) in [5, 5.41) is 11.2. The Bertz CT molecular complexity index is 1180. The number of allylic oxidation sites excluding steroid dienone is 1. The van der Waals surface area contributed by atoms with E-state index in [-0.39, 0.29) is 17.3 Å². The van der Waals surface area contributed by atoms with Crippen LogP contribution in [0.3, 0.4) is 0 Å². The van der Waals surface area contributed by atoms with Crippen LogP contribution in [0.25, 0.3) is 6.08 Å². The highest BCUT2D eigenvalue weighted by Gasteiger charge is 2.32. The highest BCUT2D eigenvalue weighted by Crippen LogP contribution is 2.40. The molecule has 0 saturated carbocycles. The van der Waals surface area contributed by atoms with E-state index in [1.165, 1.54) is 5.56 Å². The Hall–Kier alpha value is -3.12. The average Bonchev–Trinajstić information content (AvgIpc) is 3.14. The summed E-state index contributed by atoms with van der Waals surface area (Å²) < 4.78 is 5.99. The van der Waals surface area contributed by atoms with Gasteiger partial charge in [-0.25, -0.2) is 0 Å². The number of Topliss-reactive ketones (excluding diaryl/α,β-unsaturated/α-hetero) is 1. The maximum absolute atomic E-state index is 12.9. The lowest BCUT2D eigenvalue weighted by Gasteiger charge is -2.35. The molecule has 3 aromatic rings. The second-order valence-electron chi connectivity index (χ2n) is 8.47. The van der Waals surface area contributed by atoms with E-state index in [0.717, 1.165) is 38.3 Å². The maximum Gasteiger partial charge on any atom is 0.231 e. The number of aromatic hydroxyl groups is 1. The number of hydrogen-bond acceptors (Lipinski definition) is 5. The molecule has 2 heterocycles. The third-order valence-electron chi connectivity index (χ3n) is 6.18. The van der Waals surface area contributed by atoms with Gasteiger partial charge in [-0.3, -0.25) is 14.6 Å². The van der Waals surface area contributed by atoms with Crippen molar-refractivity contribution in [2.75, 3.05) is 26.2 Å². The number of halogens is 1. The van der Waals surface area contributed by atoms with Crippen molar-refractivity contribution in [1.29, 1.82) is 0 Å². The standard InChI is InChI=1S/C27H25ClN2O3/c28-21-8-6-19(7-9-21)16-25-26(32)22-10-11-24(31)23(27(22)33-25)18-30-14-12-29(13-15-30)17-20-4-2-1-3-5-20/h1-11,16,31H,12-15,17-18H2/b25-16-. The number of ketones is 1. The summed E-state index contributed by atoms with van der Waals surface area (Å²) in [6, 6.07) is 20.9. The van der Waals surface area contributed by atoms with E-state index in [1.54, 1.807) is 30.3 Å². The van der Waals surface area contributed by atoms with Crippen molar-refractivity contribution in [2.24, 2.45) is 0 Å². The molecule has 5 rings (SSSR count). The van der Waals surface area contributed by atoms with E-state index >= 15 is 0 Å². The van der Waals surface area contributed by atoms with Gasteiger partial charge in [-0.05, 0) is 41.5 Å². The molecule has 1 N–H and O–H groups in total. The molecule has 5 nitrogen and oxygen atoms in total. The molecule has 0 aromatic heterocycles. The summed E-state index contributed by atoms with van der Waals surface area (Å²) in [5.41, 5.74) is 3.30. The van der Waals surface area contributed by atoms with Crippen molar-refractivity contribution in [1.82, 2.24) is 9.80 Å². The number of phenols is 1. The van der Waals surface area contributed by atoms with Crippen LogP contribution in [0.5, 0.6) is 11.5 Å². The summed E-state index contributed by atoms with van der Waals surface area (Å²) in [7, 11) is 0. The Morgan fingerprint density at radius 2 is 1.55 bits per heavy atom. The van der Waals surface area contributed by atoms with Crippen LogP contribution in [0.2, 0.25) is 5.02 Å². The first-order valence-corrected chi connectivity index (χ1v) is 11.5. The predicted molar refractivity (Wildman–Crippen MR) is 129 cm³/mol. The lowest BCUT2D eigenvalue weighted by atomic mass is 10.0. The van der Waals surface area contributed by atoms with Gasteiger partial charge in [-0.2, -0.15) is 0 Å². The molecule has 0 aliphatic carbocycles. The van der Waals surface area contributed by atoms with Gasteiger partial charge in [-0.15, -0.1) is 0 Å². The van der Waals surface area contributed by atoms with E-state index in [9.17, 15) is 9.90 Å². The van der Waals surface area contributed by atoms with Crippen LogP contribution < -0.4 is 4.74 Å². The molecule has 0 bridgehead atoms. The Morgan fingerprint density at radius 3 is 2.24 bits per heavy atom. The second-order valence-corrected chi connectivity index (χ2v) is 8.91. The van der Waals surface area contributed by atoms with Crippen LogP contribution in [-0.4, -0.2) is 46.9 Å². The average molecular weight is 461 g/mol. The zero-order valence-electron chi connectivity index (χ0n) is 18.2. The molecule has 168 valence electrons. The quantitative estimate of drug-likeness (QED) is 0.544. The van der Waals surface area contributed by atoms with Crippen LogP contribution in [0.15, 0.2) is 72.5 Å². The number of phenolic OH excluding ortho intramolecular Hbond substituents is 1. The summed E-state index contributed by atoms with van der Waals surface area (Å²) in [6.45, 7) is 5.15. The smallest absolute Gasteiger partial charge is 0.231 e. The van der Waals surface area contributed by atoms with Gasteiger partial charge in [0.25, 0.3) is 0 Å². The summed E-state index contributed by atoms with van der Waals surface area (Å²) in [5.74, 6) is 0.702. The van der Waals surface area contributed by atoms with Crippen molar-refractivity contribution in [3.8, 4) is 11.5 Å². The molecular formula is C27H25ClN2O3. The zero-order valence-corrected chi connectivity index (χ0v) is 19.0. The number of rotatable bonds is 5. The van der Waals surface area contributed by atoms with Crippen molar-refractivity contribution in [3.63, 3.8) is 0 Å². The van der Waals surface area contributed by atoms with Gasteiger partial charge < -0.3 is 9.84 Å². The van der Waals surface area contributed by atoms with Gasteiger partial charge >= 0.3 is 0 Å². The van der Waals surface area contributed by atoms with Crippen LogP contribution in [-0.2, 0) is 13.1 Å². The van der Waals surface area contributed by atoms with Gasteiger partial charge in [0, 0.05) is 44.3 Å². The van der Waals surface area contributed by atoms with Crippen molar-refractivity contribution >= 4 is 23.5 Å². The molecule has 0 unspecified atom stereocenters. The molecule has 2 aliphatic heterocycles. The normalized spacial score (nSPS) is 17.8. The monoisotopic (exact) mass is 460 g/mol. The molecule has 0 spiro atoms. The topological polar surface area (TPSA) is 53.0 Å². The predicted octanol–water partition coefficient (Wildman–Crippen LogP) is 4.98.